The molecule has 4 rings (SSSR count). The summed E-state index contributed by atoms with van der Waals surface area (Å²) in [6, 6.07) is 11.9. The maximum absolute atomic E-state index is 4.76. The topological polar surface area (TPSA) is 56.0 Å². The molecule has 4 aromatic rings. The predicted molar refractivity (Wildman–Crippen MR) is 76.3 cm³/mol. The van der Waals surface area contributed by atoms with Gasteiger partial charge in [-0.15, -0.1) is 10.2 Å². The Kier molecular flexibility index (Phi) is 2.26. The highest BCUT2D eigenvalue weighted by Crippen LogP contribution is 2.24. The van der Waals surface area contributed by atoms with E-state index in [1.54, 1.807) is 12.4 Å². The van der Waals surface area contributed by atoms with Crippen LogP contribution in [0.3, 0.4) is 0 Å². The molecule has 0 saturated carbocycles. The van der Waals surface area contributed by atoms with E-state index in [0.29, 0.717) is 0 Å². The number of aryl methyl sites for hydroxylation is 1. The highest BCUT2D eigenvalue weighted by Gasteiger charge is 2.13. The van der Waals surface area contributed by atoms with E-state index in [-0.39, 0.29) is 0 Å². The first-order valence-electron chi connectivity index (χ1n) is 6.35. The van der Waals surface area contributed by atoms with E-state index in [2.05, 4.69) is 15.2 Å². The van der Waals surface area contributed by atoms with Crippen LogP contribution in [-0.4, -0.2) is 24.6 Å². The van der Waals surface area contributed by atoms with Crippen molar-refractivity contribution in [3.8, 4) is 11.4 Å². The maximum Gasteiger partial charge on any atom is 0.171 e. The van der Waals surface area contributed by atoms with E-state index < -0.39 is 0 Å². The van der Waals surface area contributed by atoms with Crippen LogP contribution < -0.4 is 0 Å². The van der Waals surface area contributed by atoms with Crippen LogP contribution in [-0.2, 0) is 0 Å². The zero-order valence-electron chi connectivity index (χ0n) is 10.9. The van der Waals surface area contributed by atoms with Crippen molar-refractivity contribution < 1.29 is 0 Å². The Labute approximate surface area is 115 Å². The predicted octanol–water partition coefficient (Wildman–Crippen LogP) is 2.65. The monoisotopic (exact) mass is 261 g/mol. The quantitative estimate of drug-likeness (QED) is 0.528. The first kappa shape index (κ1) is 11.0. The van der Waals surface area contributed by atoms with Gasteiger partial charge in [-0.3, -0.25) is 9.38 Å². The average Bonchev–Trinajstić information content (AvgIpc) is 2.90. The summed E-state index contributed by atoms with van der Waals surface area (Å²) in [6.07, 6.45) is 3.52. The molecule has 0 saturated heterocycles. The molecule has 1 aromatic carbocycles. The molecule has 0 aliphatic rings. The molecule has 0 unspecified atom stereocenters. The minimum absolute atomic E-state index is 0.824. The lowest BCUT2D eigenvalue weighted by molar-refractivity contribution is 0.995. The summed E-state index contributed by atoms with van der Waals surface area (Å²) in [6.45, 7) is 1.93. The van der Waals surface area contributed by atoms with Crippen molar-refractivity contribution >= 4 is 16.6 Å². The van der Waals surface area contributed by atoms with Gasteiger partial charge in [0.2, 0.25) is 0 Å². The molecule has 0 radical (unpaired) electrons. The largest absolute Gasteiger partial charge is 0.265 e. The van der Waals surface area contributed by atoms with Gasteiger partial charge in [-0.05, 0) is 31.2 Å². The Bertz CT molecular complexity index is 912. The summed E-state index contributed by atoms with van der Waals surface area (Å²) >= 11 is 0. The van der Waals surface area contributed by atoms with E-state index in [0.717, 1.165) is 33.8 Å². The highest BCUT2D eigenvalue weighted by atomic mass is 15.3. The van der Waals surface area contributed by atoms with Crippen molar-refractivity contribution in [1.82, 2.24) is 24.6 Å². The van der Waals surface area contributed by atoms with Gasteiger partial charge in [0.1, 0.15) is 11.6 Å². The average molecular weight is 261 g/mol. The number of para-hydroxylation sites is 1. The first-order chi connectivity index (χ1) is 9.84. The van der Waals surface area contributed by atoms with Gasteiger partial charge in [-0.1, -0.05) is 12.1 Å². The molecule has 0 atom stereocenters. The van der Waals surface area contributed by atoms with E-state index >= 15 is 0 Å². The molecule has 0 fully saturated rings. The number of hydrogen-bond acceptors (Lipinski definition) is 4. The normalized spacial score (nSPS) is 11.2. The van der Waals surface area contributed by atoms with Crippen molar-refractivity contribution in [3.63, 3.8) is 0 Å². The van der Waals surface area contributed by atoms with E-state index in [1.165, 1.54) is 0 Å². The van der Waals surface area contributed by atoms with Crippen LogP contribution in [0.1, 0.15) is 5.82 Å². The van der Waals surface area contributed by atoms with Crippen LogP contribution in [0.4, 0.5) is 0 Å². The number of hydrogen-bond donors (Lipinski definition) is 0. The summed E-state index contributed by atoms with van der Waals surface area (Å²) < 4.78 is 1.98. The molecule has 5 heteroatoms. The molecule has 0 bridgehead atoms. The molecular formula is C15H11N5. The van der Waals surface area contributed by atoms with Gasteiger partial charge in [0.25, 0.3) is 0 Å². The lowest BCUT2D eigenvalue weighted by atomic mass is 10.2. The maximum atomic E-state index is 4.76. The number of nitrogens with zero attached hydrogens (tertiary/aromatic N) is 5. The van der Waals surface area contributed by atoms with Crippen molar-refractivity contribution in [2.24, 2.45) is 0 Å². The Morgan fingerprint density at radius 1 is 0.950 bits per heavy atom. The summed E-state index contributed by atoms with van der Waals surface area (Å²) in [5.74, 6) is 1.66. The lowest BCUT2D eigenvalue weighted by Crippen LogP contribution is -1.99. The summed E-state index contributed by atoms with van der Waals surface area (Å²) in [7, 11) is 0. The summed E-state index contributed by atoms with van der Waals surface area (Å²) in [4.78, 5) is 8.82. The molecule has 96 valence electrons. The van der Waals surface area contributed by atoms with Gasteiger partial charge in [0, 0.05) is 23.3 Å². The van der Waals surface area contributed by atoms with E-state index in [1.807, 2.05) is 47.7 Å². The second-order valence-electron chi connectivity index (χ2n) is 4.59. The number of aromatic nitrogens is 5. The van der Waals surface area contributed by atoms with Crippen molar-refractivity contribution in [2.75, 3.05) is 0 Å². The van der Waals surface area contributed by atoms with Gasteiger partial charge in [-0.25, -0.2) is 4.98 Å². The number of benzene rings is 1. The fourth-order valence-corrected chi connectivity index (χ4v) is 2.41. The van der Waals surface area contributed by atoms with Crippen LogP contribution in [0.25, 0.3) is 27.9 Å². The van der Waals surface area contributed by atoms with Crippen molar-refractivity contribution in [1.29, 1.82) is 0 Å². The van der Waals surface area contributed by atoms with Crippen molar-refractivity contribution in [3.05, 3.63) is 54.6 Å². The Morgan fingerprint density at radius 3 is 2.60 bits per heavy atom. The van der Waals surface area contributed by atoms with Crippen LogP contribution in [0.5, 0.6) is 0 Å². The van der Waals surface area contributed by atoms with Crippen LogP contribution in [0, 0.1) is 6.92 Å². The molecule has 0 aliphatic heterocycles. The van der Waals surface area contributed by atoms with E-state index in [4.69, 9.17) is 4.98 Å². The number of pyridine rings is 1. The third-order valence-corrected chi connectivity index (χ3v) is 3.35. The second-order valence-corrected chi connectivity index (χ2v) is 4.59. The van der Waals surface area contributed by atoms with Gasteiger partial charge in [-0.2, -0.15) is 0 Å². The third kappa shape index (κ3) is 1.50. The molecule has 3 heterocycles. The number of fused-ring (bicyclic) bond motifs is 3. The van der Waals surface area contributed by atoms with Gasteiger partial charge in [0.15, 0.2) is 5.65 Å². The lowest BCUT2D eigenvalue weighted by Gasteiger charge is -2.08. The molecule has 20 heavy (non-hydrogen) atoms. The second kappa shape index (κ2) is 4.09. The molecule has 5 nitrogen and oxygen atoms in total. The molecule has 3 aromatic heterocycles. The highest BCUT2D eigenvalue weighted by molar-refractivity contribution is 5.92. The van der Waals surface area contributed by atoms with Crippen LogP contribution in [0.15, 0.2) is 48.8 Å². The summed E-state index contributed by atoms with van der Waals surface area (Å²) in [5.41, 5.74) is 2.75. The third-order valence-electron chi connectivity index (χ3n) is 3.35. The standard InChI is InChI=1S/C15H11N5/c1-10-18-19-15-12-4-2-3-5-13(12)17-14(20(10)15)11-6-8-16-9-7-11/h2-9H,1H3. The zero-order valence-corrected chi connectivity index (χ0v) is 10.9. The minimum atomic E-state index is 0.824. The molecule has 0 amide bonds. The van der Waals surface area contributed by atoms with Gasteiger partial charge in [0.05, 0.1) is 5.52 Å². The molecular weight excluding hydrogens is 250 g/mol. The molecule has 0 N–H and O–H groups in total. The van der Waals surface area contributed by atoms with Crippen LogP contribution >= 0.6 is 0 Å². The summed E-state index contributed by atoms with van der Waals surface area (Å²) in [5, 5.41) is 9.48. The zero-order chi connectivity index (χ0) is 13.5. The Hall–Kier alpha value is -2.82. The Morgan fingerprint density at radius 2 is 1.75 bits per heavy atom. The van der Waals surface area contributed by atoms with E-state index in [9.17, 15) is 0 Å². The Balaban J connectivity index is 2.20. The molecule has 0 spiro atoms. The van der Waals surface area contributed by atoms with Gasteiger partial charge >= 0.3 is 0 Å². The minimum Gasteiger partial charge on any atom is -0.265 e. The first-order valence-corrected chi connectivity index (χ1v) is 6.35. The SMILES string of the molecule is Cc1nnc2c3ccccc3nc(-c3ccncc3)n12. The fraction of sp³-hybridized carbons (Fsp3) is 0.0667. The van der Waals surface area contributed by atoms with Gasteiger partial charge < -0.3 is 0 Å². The van der Waals surface area contributed by atoms with Crippen molar-refractivity contribution in [2.45, 2.75) is 6.92 Å². The number of rotatable bonds is 1. The smallest absolute Gasteiger partial charge is 0.171 e. The molecule has 0 aliphatic carbocycles. The fourth-order valence-electron chi connectivity index (χ4n) is 2.41. The van der Waals surface area contributed by atoms with Crippen LogP contribution in [0.2, 0.25) is 0 Å².